The van der Waals surface area contributed by atoms with Crippen LogP contribution in [-0.4, -0.2) is 24.5 Å². The fourth-order valence-corrected chi connectivity index (χ4v) is 2.81. The third-order valence-corrected chi connectivity index (χ3v) is 4.34. The summed E-state index contributed by atoms with van der Waals surface area (Å²) in [5, 5.41) is 0. The second-order valence-corrected chi connectivity index (χ2v) is 5.67. The third kappa shape index (κ3) is 3.33. The van der Waals surface area contributed by atoms with Crippen molar-refractivity contribution in [2.45, 2.75) is 33.2 Å². The number of nitrogens with zero attached hydrogens (tertiary/aromatic N) is 1. The predicted molar refractivity (Wildman–Crippen MR) is 77.4 cm³/mol. The number of benzene rings is 1. The van der Waals surface area contributed by atoms with Gasteiger partial charge in [-0.1, -0.05) is 38.1 Å². The molecule has 2 heteroatoms. The Hall–Kier alpha value is -0.860. The molecule has 2 unspecified atom stereocenters. The van der Waals surface area contributed by atoms with Gasteiger partial charge >= 0.3 is 0 Å². The van der Waals surface area contributed by atoms with Crippen LogP contribution >= 0.6 is 0 Å². The number of hydrogen-bond donors (Lipinski definition) is 1. The molecule has 1 heterocycles. The lowest BCUT2D eigenvalue weighted by Crippen LogP contribution is -2.42. The number of likely N-dealkylation sites (tertiary alicyclic amines) is 1. The number of nitrogens with two attached hydrogens (primary N) is 1. The molecule has 0 aliphatic carbocycles. The van der Waals surface area contributed by atoms with Crippen LogP contribution in [0.5, 0.6) is 0 Å². The van der Waals surface area contributed by atoms with E-state index in [1.807, 2.05) is 0 Å². The van der Waals surface area contributed by atoms with E-state index in [9.17, 15) is 0 Å². The van der Waals surface area contributed by atoms with Gasteiger partial charge in [0.25, 0.3) is 0 Å². The van der Waals surface area contributed by atoms with E-state index in [2.05, 4.69) is 43.0 Å². The average molecular weight is 246 g/mol. The maximum atomic E-state index is 5.86. The van der Waals surface area contributed by atoms with Gasteiger partial charge in [-0.2, -0.15) is 0 Å². The molecule has 2 N–H and O–H groups in total. The zero-order valence-corrected chi connectivity index (χ0v) is 11.7. The first-order valence-corrected chi connectivity index (χ1v) is 7.23. The molecular weight excluding hydrogens is 220 g/mol. The monoisotopic (exact) mass is 246 g/mol. The lowest BCUT2D eigenvalue weighted by atomic mass is 9.87. The first-order chi connectivity index (χ1) is 8.72. The van der Waals surface area contributed by atoms with Crippen LogP contribution in [0.2, 0.25) is 0 Å². The van der Waals surface area contributed by atoms with Crippen molar-refractivity contribution in [2.24, 2.45) is 17.6 Å². The highest BCUT2D eigenvalue weighted by Gasteiger charge is 2.24. The van der Waals surface area contributed by atoms with Gasteiger partial charge in [0.1, 0.15) is 0 Å². The standard InChI is InChI=1S/C16H26N2/c1-3-14-4-6-15(7-5-14)11-18-9-8-13(2)16(10-17)12-18/h4-7,13,16H,3,8-12,17H2,1-2H3. The first kappa shape index (κ1) is 13.6. The molecular formula is C16H26N2. The largest absolute Gasteiger partial charge is 0.330 e. The van der Waals surface area contributed by atoms with Gasteiger partial charge in [0.05, 0.1) is 0 Å². The molecule has 100 valence electrons. The molecule has 0 saturated carbocycles. The molecule has 2 rings (SSSR count). The van der Waals surface area contributed by atoms with Crippen molar-refractivity contribution < 1.29 is 0 Å². The molecule has 0 aromatic heterocycles. The lowest BCUT2D eigenvalue weighted by molar-refractivity contribution is 0.126. The van der Waals surface area contributed by atoms with Crippen molar-refractivity contribution in [3.63, 3.8) is 0 Å². The SMILES string of the molecule is CCc1ccc(CN2CCC(C)C(CN)C2)cc1. The van der Waals surface area contributed by atoms with Gasteiger partial charge in [-0.05, 0) is 48.9 Å². The molecule has 0 spiro atoms. The van der Waals surface area contributed by atoms with Crippen LogP contribution in [0.1, 0.15) is 31.4 Å². The van der Waals surface area contributed by atoms with E-state index in [0.717, 1.165) is 32.0 Å². The summed E-state index contributed by atoms with van der Waals surface area (Å²) in [5.74, 6) is 1.46. The fourth-order valence-electron chi connectivity index (χ4n) is 2.81. The van der Waals surface area contributed by atoms with E-state index in [1.165, 1.54) is 24.1 Å². The zero-order chi connectivity index (χ0) is 13.0. The van der Waals surface area contributed by atoms with Crippen LogP contribution in [0.25, 0.3) is 0 Å². The Morgan fingerprint density at radius 2 is 1.89 bits per heavy atom. The second-order valence-electron chi connectivity index (χ2n) is 5.67. The predicted octanol–water partition coefficient (Wildman–Crippen LogP) is 2.67. The van der Waals surface area contributed by atoms with Crippen LogP contribution < -0.4 is 5.73 Å². The van der Waals surface area contributed by atoms with Crippen LogP contribution in [0.4, 0.5) is 0 Å². The summed E-state index contributed by atoms with van der Waals surface area (Å²) in [6, 6.07) is 9.05. The van der Waals surface area contributed by atoms with Crippen LogP contribution in [-0.2, 0) is 13.0 Å². The number of aryl methyl sites for hydroxylation is 1. The summed E-state index contributed by atoms with van der Waals surface area (Å²) in [5.41, 5.74) is 8.71. The van der Waals surface area contributed by atoms with Gasteiger partial charge in [-0.25, -0.2) is 0 Å². The highest BCUT2D eigenvalue weighted by molar-refractivity contribution is 5.22. The molecule has 1 aliphatic rings. The van der Waals surface area contributed by atoms with Gasteiger partial charge in [-0.15, -0.1) is 0 Å². The van der Waals surface area contributed by atoms with E-state index < -0.39 is 0 Å². The topological polar surface area (TPSA) is 29.3 Å². The minimum absolute atomic E-state index is 0.675. The molecule has 0 radical (unpaired) electrons. The Balaban J connectivity index is 1.92. The van der Waals surface area contributed by atoms with E-state index in [0.29, 0.717) is 5.92 Å². The van der Waals surface area contributed by atoms with E-state index in [4.69, 9.17) is 5.73 Å². The molecule has 1 saturated heterocycles. The van der Waals surface area contributed by atoms with Gasteiger partial charge in [-0.3, -0.25) is 4.90 Å². The Morgan fingerprint density at radius 1 is 1.22 bits per heavy atom. The number of piperidine rings is 1. The summed E-state index contributed by atoms with van der Waals surface area (Å²) in [6.07, 6.45) is 2.41. The van der Waals surface area contributed by atoms with E-state index in [1.54, 1.807) is 0 Å². The van der Waals surface area contributed by atoms with Gasteiger partial charge in [0.15, 0.2) is 0 Å². The number of hydrogen-bond acceptors (Lipinski definition) is 2. The van der Waals surface area contributed by atoms with Crippen LogP contribution in [0.3, 0.4) is 0 Å². The highest BCUT2D eigenvalue weighted by Crippen LogP contribution is 2.23. The summed E-state index contributed by atoms with van der Waals surface area (Å²) in [4.78, 5) is 2.55. The first-order valence-electron chi connectivity index (χ1n) is 7.23. The average Bonchev–Trinajstić information content (AvgIpc) is 2.42. The number of rotatable bonds is 4. The van der Waals surface area contributed by atoms with Gasteiger partial charge in [0, 0.05) is 13.1 Å². The smallest absolute Gasteiger partial charge is 0.0233 e. The minimum Gasteiger partial charge on any atom is -0.330 e. The third-order valence-electron chi connectivity index (χ3n) is 4.34. The van der Waals surface area contributed by atoms with Gasteiger partial charge in [0.2, 0.25) is 0 Å². The molecule has 1 aromatic rings. The molecule has 18 heavy (non-hydrogen) atoms. The Morgan fingerprint density at radius 3 is 2.50 bits per heavy atom. The summed E-state index contributed by atoms with van der Waals surface area (Å²) in [6.45, 7) is 8.82. The van der Waals surface area contributed by atoms with Crippen molar-refractivity contribution >= 4 is 0 Å². The van der Waals surface area contributed by atoms with Crippen molar-refractivity contribution in [3.8, 4) is 0 Å². The molecule has 2 nitrogen and oxygen atoms in total. The maximum Gasteiger partial charge on any atom is 0.0233 e. The quantitative estimate of drug-likeness (QED) is 0.885. The van der Waals surface area contributed by atoms with Crippen molar-refractivity contribution in [1.82, 2.24) is 4.90 Å². The van der Waals surface area contributed by atoms with Gasteiger partial charge < -0.3 is 5.73 Å². The van der Waals surface area contributed by atoms with Crippen molar-refractivity contribution in [1.29, 1.82) is 0 Å². The Bertz CT molecular complexity index is 358. The Kier molecular flexibility index (Phi) is 4.79. The minimum atomic E-state index is 0.675. The molecule has 1 aromatic carbocycles. The Labute approximate surface area is 111 Å². The normalized spacial score (nSPS) is 25.3. The maximum absolute atomic E-state index is 5.86. The fraction of sp³-hybridized carbons (Fsp3) is 0.625. The summed E-state index contributed by atoms with van der Waals surface area (Å²) >= 11 is 0. The lowest BCUT2D eigenvalue weighted by Gasteiger charge is -2.36. The highest BCUT2D eigenvalue weighted by atomic mass is 15.1. The van der Waals surface area contributed by atoms with Crippen molar-refractivity contribution in [3.05, 3.63) is 35.4 Å². The van der Waals surface area contributed by atoms with Crippen LogP contribution in [0.15, 0.2) is 24.3 Å². The summed E-state index contributed by atoms with van der Waals surface area (Å²) < 4.78 is 0. The molecule has 1 fully saturated rings. The van der Waals surface area contributed by atoms with E-state index >= 15 is 0 Å². The van der Waals surface area contributed by atoms with Crippen molar-refractivity contribution in [2.75, 3.05) is 19.6 Å². The zero-order valence-electron chi connectivity index (χ0n) is 11.7. The molecule has 0 bridgehead atoms. The van der Waals surface area contributed by atoms with Crippen LogP contribution in [0, 0.1) is 11.8 Å². The molecule has 1 aliphatic heterocycles. The molecule has 0 amide bonds. The summed E-state index contributed by atoms with van der Waals surface area (Å²) in [7, 11) is 0. The second kappa shape index (κ2) is 6.35. The van der Waals surface area contributed by atoms with E-state index in [-0.39, 0.29) is 0 Å². The molecule has 2 atom stereocenters.